The topological polar surface area (TPSA) is 58.0 Å². The molecule has 0 aliphatic carbocycles. The standard InChI is InChI=1S/C14H20ClN3O2/c15-14(12-4-6-16-7-5-12)17-20-11-13(19)10-18-8-2-1-3-9-18/h4-7,13,19H,1-3,8-11H2/b17-14-. The lowest BCUT2D eigenvalue weighted by molar-refractivity contribution is 0.0161. The van der Waals surface area contributed by atoms with Gasteiger partial charge in [-0.3, -0.25) is 4.98 Å². The van der Waals surface area contributed by atoms with Gasteiger partial charge in [-0.2, -0.15) is 0 Å². The summed E-state index contributed by atoms with van der Waals surface area (Å²) < 4.78 is 0. The first-order chi connectivity index (χ1) is 9.75. The third-order valence-electron chi connectivity index (χ3n) is 3.25. The molecule has 0 aromatic carbocycles. The van der Waals surface area contributed by atoms with Gasteiger partial charge in [-0.1, -0.05) is 23.2 Å². The summed E-state index contributed by atoms with van der Waals surface area (Å²) in [5.74, 6) is 0. The first-order valence-electron chi connectivity index (χ1n) is 6.92. The van der Waals surface area contributed by atoms with Crippen molar-refractivity contribution in [3.05, 3.63) is 30.1 Å². The largest absolute Gasteiger partial charge is 0.392 e. The number of pyridine rings is 1. The van der Waals surface area contributed by atoms with Gasteiger partial charge in [0, 0.05) is 24.5 Å². The Kier molecular flexibility index (Phi) is 6.24. The molecule has 1 unspecified atom stereocenters. The van der Waals surface area contributed by atoms with E-state index < -0.39 is 6.10 Å². The van der Waals surface area contributed by atoms with E-state index in [1.54, 1.807) is 24.5 Å². The summed E-state index contributed by atoms with van der Waals surface area (Å²) in [5.41, 5.74) is 0.743. The Morgan fingerprint density at radius 1 is 1.35 bits per heavy atom. The van der Waals surface area contributed by atoms with Gasteiger partial charge < -0.3 is 14.8 Å². The minimum atomic E-state index is -0.543. The highest BCUT2D eigenvalue weighted by Crippen LogP contribution is 2.09. The van der Waals surface area contributed by atoms with Crippen LogP contribution in [0.2, 0.25) is 0 Å². The maximum absolute atomic E-state index is 9.90. The van der Waals surface area contributed by atoms with E-state index in [1.807, 2.05) is 0 Å². The van der Waals surface area contributed by atoms with Crippen LogP contribution in [0.3, 0.4) is 0 Å². The smallest absolute Gasteiger partial charge is 0.175 e. The van der Waals surface area contributed by atoms with Gasteiger partial charge in [-0.05, 0) is 38.1 Å². The normalized spacial score (nSPS) is 18.8. The quantitative estimate of drug-likeness (QED) is 0.643. The molecule has 110 valence electrons. The maximum Gasteiger partial charge on any atom is 0.175 e. The number of aliphatic hydroxyl groups excluding tert-OH is 1. The van der Waals surface area contributed by atoms with Gasteiger partial charge in [0.25, 0.3) is 0 Å². The van der Waals surface area contributed by atoms with E-state index in [2.05, 4.69) is 15.0 Å². The maximum atomic E-state index is 9.90. The fourth-order valence-corrected chi connectivity index (χ4v) is 2.39. The van der Waals surface area contributed by atoms with Crippen LogP contribution in [0.1, 0.15) is 24.8 Å². The predicted octanol–water partition coefficient (Wildman–Crippen LogP) is 1.85. The molecule has 0 saturated carbocycles. The minimum Gasteiger partial charge on any atom is -0.392 e. The summed E-state index contributed by atoms with van der Waals surface area (Å²) in [6.45, 7) is 2.89. The summed E-state index contributed by atoms with van der Waals surface area (Å²) in [7, 11) is 0. The van der Waals surface area contributed by atoms with Gasteiger partial charge in [0.05, 0.1) is 0 Å². The molecular weight excluding hydrogens is 278 g/mol. The van der Waals surface area contributed by atoms with E-state index in [0.29, 0.717) is 6.54 Å². The van der Waals surface area contributed by atoms with Crippen LogP contribution in [0.25, 0.3) is 0 Å². The van der Waals surface area contributed by atoms with Crippen molar-refractivity contribution in [2.75, 3.05) is 26.2 Å². The van der Waals surface area contributed by atoms with Crippen molar-refractivity contribution in [2.45, 2.75) is 25.4 Å². The minimum absolute atomic E-state index is 0.151. The number of hydrogen-bond acceptors (Lipinski definition) is 5. The summed E-state index contributed by atoms with van der Waals surface area (Å²) >= 11 is 5.99. The number of likely N-dealkylation sites (tertiary alicyclic amines) is 1. The van der Waals surface area contributed by atoms with E-state index >= 15 is 0 Å². The highest BCUT2D eigenvalue weighted by molar-refractivity contribution is 6.69. The molecule has 2 heterocycles. The van der Waals surface area contributed by atoms with Crippen molar-refractivity contribution in [1.29, 1.82) is 0 Å². The van der Waals surface area contributed by atoms with Crippen molar-refractivity contribution in [1.82, 2.24) is 9.88 Å². The van der Waals surface area contributed by atoms with E-state index in [-0.39, 0.29) is 11.8 Å². The van der Waals surface area contributed by atoms with Crippen LogP contribution < -0.4 is 0 Å². The zero-order valence-corrected chi connectivity index (χ0v) is 12.2. The molecule has 1 aliphatic rings. The first kappa shape index (κ1) is 15.2. The van der Waals surface area contributed by atoms with Gasteiger partial charge >= 0.3 is 0 Å². The molecule has 20 heavy (non-hydrogen) atoms. The Hall–Kier alpha value is -1.17. The second-order valence-corrected chi connectivity index (χ2v) is 5.29. The Balaban J connectivity index is 1.71. The number of piperidine rings is 1. The third kappa shape index (κ3) is 5.07. The number of aliphatic hydroxyl groups is 1. The second-order valence-electron chi connectivity index (χ2n) is 4.93. The predicted molar refractivity (Wildman–Crippen MR) is 78.9 cm³/mol. The molecule has 1 aromatic rings. The number of nitrogens with zero attached hydrogens (tertiary/aromatic N) is 3. The second kappa shape index (κ2) is 8.19. The Labute approximate surface area is 124 Å². The fraction of sp³-hybridized carbons (Fsp3) is 0.571. The van der Waals surface area contributed by atoms with Crippen LogP contribution in [0.5, 0.6) is 0 Å². The molecule has 1 saturated heterocycles. The molecule has 1 atom stereocenters. The molecule has 2 rings (SSSR count). The van der Waals surface area contributed by atoms with Crippen LogP contribution in [-0.4, -0.2) is 52.5 Å². The number of oxime groups is 1. The van der Waals surface area contributed by atoms with E-state index in [4.69, 9.17) is 16.4 Å². The Bertz CT molecular complexity index is 422. The summed E-state index contributed by atoms with van der Waals surface area (Å²) in [5, 5.41) is 14.0. The SMILES string of the molecule is OC(CO/N=C(\Cl)c1ccncc1)CN1CCCCC1. The average molecular weight is 298 g/mol. The van der Waals surface area contributed by atoms with Gasteiger partial charge in [0.1, 0.15) is 12.7 Å². The number of hydrogen-bond donors (Lipinski definition) is 1. The molecule has 0 spiro atoms. The third-order valence-corrected chi connectivity index (χ3v) is 3.54. The van der Waals surface area contributed by atoms with E-state index in [0.717, 1.165) is 18.7 Å². The zero-order chi connectivity index (χ0) is 14.2. The molecule has 1 aliphatic heterocycles. The van der Waals surface area contributed by atoms with Crippen LogP contribution >= 0.6 is 11.6 Å². The van der Waals surface area contributed by atoms with Crippen molar-refractivity contribution in [2.24, 2.45) is 5.16 Å². The van der Waals surface area contributed by atoms with Gasteiger partial charge in [0.2, 0.25) is 0 Å². The van der Waals surface area contributed by atoms with Gasteiger partial charge in [-0.15, -0.1) is 0 Å². The Morgan fingerprint density at radius 3 is 2.75 bits per heavy atom. The van der Waals surface area contributed by atoms with Crippen molar-refractivity contribution >= 4 is 16.8 Å². The lowest BCUT2D eigenvalue weighted by Gasteiger charge is -2.27. The molecule has 5 nitrogen and oxygen atoms in total. The molecule has 1 fully saturated rings. The lowest BCUT2D eigenvalue weighted by atomic mass is 10.1. The molecule has 0 radical (unpaired) electrons. The van der Waals surface area contributed by atoms with Crippen molar-refractivity contribution in [3.8, 4) is 0 Å². The molecule has 6 heteroatoms. The molecule has 1 N–H and O–H groups in total. The number of halogens is 1. The summed E-state index contributed by atoms with van der Waals surface area (Å²) in [6, 6.07) is 3.50. The number of rotatable bonds is 6. The van der Waals surface area contributed by atoms with Crippen LogP contribution in [0, 0.1) is 0 Å². The molecule has 1 aromatic heterocycles. The highest BCUT2D eigenvalue weighted by Gasteiger charge is 2.14. The van der Waals surface area contributed by atoms with Crippen molar-refractivity contribution in [3.63, 3.8) is 0 Å². The van der Waals surface area contributed by atoms with Crippen LogP contribution in [0.15, 0.2) is 29.7 Å². The van der Waals surface area contributed by atoms with Gasteiger partial charge in [-0.25, -0.2) is 0 Å². The van der Waals surface area contributed by atoms with Crippen LogP contribution in [-0.2, 0) is 4.84 Å². The van der Waals surface area contributed by atoms with E-state index in [9.17, 15) is 5.11 Å². The number of aromatic nitrogens is 1. The summed E-state index contributed by atoms with van der Waals surface area (Å²) in [4.78, 5) is 11.3. The van der Waals surface area contributed by atoms with Crippen molar-refractivity contribution < 1.29 is 9.94 Å². The Morgan fingerprint density at radius 2 is 2.05 bits per heavy atom. The van der Waals surface area contributed by atoms with Crippen LogP contribution in [0.4, 0.5) is 0 Å². The number of β-amino-alcohol motifs (C(OH)–C–C–N with tert-alkyl or cyclic N) is 1. The van der Waals surface area contributed by atoms with Gasteiger partial charge in [0.15, 0.2) is 5.17 Å². The molecule has 0 amide bonds. The first-order valence-corrected chi connectivity index (χ1v) is 7.30. The molecular formula is C14H20ClN3O2. The zero-order valence-electron chi connectivity index (χ0n) is 11.4. The highest BCUT2D eigenvalue weighted by atomic mass is 35.5. The lowest BCUT2D eigenvalue weighted by Crippen LogP contribution is -2.38. The molecule has 0 bridgehead atoms. The average Bonchev–Trinajstić information content (AvgIpc) is 2.49. The monoisotopic (exact) mass is 297 g/mol. The van der Waals surface area contributed by atoms with E-state index in [1.165, 1.54) is 19.3 Å². The summed E-state index contributed by atoms with van der Waals surface area (Å²) in [6.07, 6.45) is 6.43. The fourth-order valence-electron chi connectivity index (χ4n) is 2.21.